The van der Waals surface area contributed by atoms with Crippen LogP contribution in [0.4, 0.5) is 11.0 Å². The third kappa shape index (κ3) is 3.72. The van der Waals surface area contributed by atoms with Crippen molar-refractivity contribution in [2.24, 2.45) is 0 Å². The van der Waals surface area contributed by atoms with Gasteiger partial charge in [0.15, 0.2) is 10.9 Å². The summed E-state index contributed by atoms with van der Waals surface area (Å²) in [5.41, 5.74) is 2.53. The molecule has 0 radical (unpaired) electrons. The van der Waals surface area contributed by atoms with Gasteiger partial charge in [-0.25, -0.2) is 4.98 Å². The number of fused-ring (bicyclic) bond motifs is 1. The first-order valence-electron chi connectivity index (χ1n) is 8.59. The lowest BCUT2D eigenvalue weighted by Crippen LogP contribution is -2.30. The molecular weight excluding hydrogens is 414 g/mol. The Labute approximate surface area is 174 Å². The van der Waals surface area contributed by atoms with Gasteiger partial charge in [0, 0.05) is 0 Å². The summed E-state index contributed by atoms with van der Waals surface area (Å²) in [6.07, 6.45) is 0. The number of benzene rings is 2. The summed E-state index contributed by atoms with van der Waals surface area (Å²) in [5, 5.41) is 11.9. The predicted molar refractivity (Wildman–Crippen MR) is 112 cm³/mol. The summed E-state index contributed by atoms with van der Waals surface area (Å²) in [7, 11) is 0. The smallest absolute Gasteiger partial charge is 0.395 e. The van der Waals surface area contributed by atoms with Gasteiger partial charge in [0.05, 0.1) is 27.9 Å². The zero-order chi connectivity index (χ0) is 20.5. The molecule has 7 nitrogen and oxygen atoms in total. The minimum atomic E-state index is -0.681. The van der Waals surface area contributed by atoms with Gasteiger partial charge in [-0.3, -0.25) is 19.8 Å². The molecule has 2 aromatic carbocycles. The molecule has 0 bridgehead atoms. The zero-order valence-electron chi connectivity index (χ0n) is 15.2. The summed E-state index contributed by atoms with van der Waals surface area (Å²) in [4.78, 5) is 29.5. The van der Waals surface area contributed by atoms with Crippen molar-refractivity contribution in [3.63, 3.8) is 0 Å². The molecule has 29 heavy (non-hydrogen) atoms. The van der Waals surface area contributed by atoms with Crippen LogP contribution in [0.5, 0.6) is 0 Å². The van der Waals surface area contributed by atoms with Crippen molar-refractivity contribution in [1.82, 2.24) is 4.98 Å². The number of aryl methyl sites for hydroxylation is 1. The average Bonchev–Trinajstić information content (AvgIpc) is 3.37. The molecule has 0 aliphatic carbocycles. The van der Waals surface area contributed by atoms with Gasteiger partial charge in [0.2, 0.25) is 0 Å². The molecule has 0 atom stereocenters. The summed E-state index contributed by atoms with van der Waals surface area (Å²) in [6, 6.07) is 15.5. The fourth-order valence-electron chi connectivity index (χ4n) is 2.87. The minimum Gasteiger partial charge on any atom is -0.395 e. The van der Waals surface area contributed by atoms with E-state index in [4.69, 9.17) is 16.0 Å². The fourth-order valence-corrected chi connectivity index (χ4v) is 4.19. The van der Waals surface area contributed by atoms with Crippen LogP contribution in [0.25, 0.3) is 10.2 Å². The molecule has 2 heterocycles. The van der Waals surface area contributed by atoms with E-state index < -0.39 is 16.7 Å². The molecule has 0 N–H and O–H groups in total. The summed E-state index contributed by atoms with van der Waals surface area (Å²) < 4.78 is 5.90. The molecule has 0 fully saturated rings. The highest BCUT2D eigenvalue weighted by molar-refractivity contribution is 7.23. The van der Waals surface area contributed by atoms with Crippen molar-refractivity contribution in [1.29, 1.82) is 0 Å². The number of amides is 1. The molecule has 0 aliphatic rings. The van der Waals surface area contributed by atoms with Crippen molar-refractivity contribution in [3.05, 3.63) is 86.6 Å². The van der Waals surface area contributed by atoms with E-state index in [2.05, 4.69) is 4.98 Å². The summed E-state index contributed by atoms with van der Waals surface area (Å²) in [5.74, 6) is -1.14. The Morgan fingerprint density at radius 2 is 1.97 bits per heavy atom. The molecule has 1 amide bonds. The first-order valence-corrected chi connectivity index (χ1v) is 9.79. The maximum Gasteiger partial charge on any atom is 0.433 e. The minimum absolute atomic E-state index is 0.130. The number of rotatable bonds is 5. The molecule has 4 aromatic rings. The van der Waals surface area contributed by atoms with Gasteiger partial charge in [-0.2, -0.15) is 0 Å². The molecular formula is C20H14ClN3O4S. The second-order valence-electron chi connectivity index (χ2n) is 6.31. The monoisotopic (exact) mass is 427 g/mol. The first-order chi connectivity index (χ1) is 13.9. The number of hydrogen-bond donors (Lipinski definition) is 0. The number of hydrogen-bond acceptors (Lipinski definition) is 6. The Morgan fingerprint density at radius 3 is 2.62 bits per heavy atom. The number of carbonyl (C=O) groups excluding carboxylic acids is 1. The quantitative estimate of drug-likeness (QED) is 0.305. The Bertz CT molecular complexity index is 1180. The van der Waals surface area contributed by atoms with Crippen molar-refractivity contribution in [2.45, 2.75) is 13.5 Å². The molecule has 2 aromatic heterocycles. The molecule has 146 valence electrons. The Hall–Kier alpha value is -3.23. The highest BCUT2D eigenvalue weighted by Crippen LogP contribution is 2.36. The van der Waals surface area contributed by atoms with Crippen LogP contribution < -0.4 is 4.90 Å². The molecule has 0 unspecified atom stereocenters. The van der Waals surface area contributed by atoms with Gasteiger partial charge in [0.1, 0.15) is 4.92 Å². The van der Waals surface area contributed by atoms with Gasteiger partial charge >= 0.3 is 5.88 Å². The van der Waals surface area contributed by atoms with E-state index in [-0.39, 0.29) is 12.3 Å². The zero-order valence-corrected chi connectivity index (χ0v) is 16.7. The molecule has 0 saturated carbocycles. The van der Waals surface area contributed by atoms with E-state index in [9.17, 15) is 14.9 Å². The Morgan fingerprint density at radius 1 is 1.21 bits per heavy atom. The van der Waals surface area contributed by atoms with Gasteiger partial charge in [-0.05, 0) is 30.2 Å². The van der Waals surface area contributed by atoms with Crippen molar-refractivity contribution in [2.75, 3.05) is 4.90 Å². The van der Waals surface area contributed by atoms with Crippen molar-refractivity contribution >= 4 is 50.1 Å². The van der Waals surface area contributed by atoms with E-state index in [1.54, 1.807) is 6.07 Å². The lowest BCUT2D eigenvalue weighted by molar-refractivity contribution is -0.402. The van der Waals surface area contributed by atoms with Crippen LogP contribution >= 0.6 is 22.9 Å². The van der Waals surface area contributed by atoms with E-state index >= 15 is 0 Å². The predicted octanol–water partition coefficient (Wildman–Crippen LogP) is 5.61. The molecule has 4 rings (SSSR count). The van der Waals surface area contributed by atoms with Crippen LogP contribution in [-0.4, -0.2) is 15.8 Å². The molecule has 9 heteroatoms. The summed E-state index contributed by atoms with van der Waals surface area (Å²) in [6.45, 7) is 2.14. The van der Waals surface area contributed by atoms with E-state index in [0.717, 1.165) is 21.9 Å². The number of halogens is 1. The molecule has 0 spiro atoms. The van der Waals surface area contributed by atoms with Crippen LogP contribution in [-0.2, 0) is 6.54 Å². The van der Waals surface area contributed by atoms with Crippen LogP contribution in [0.3, 0.4) is 0 Å². The van der Waals surface area contributed by atoms with Gasteiger partial charge in [0.25, 0.3) is 5.91 Å². The van der Waals surface area contributed by atoms with Gasteiger partial charge in [-0.1, -0.05) is 59.3 Å². The number of furan rings is 1. The van der Waals surface area contributed by atoms with Gasteiger partial charge < -0.3 is 4.42 Å². The summed E-state index contributed by atoms with van der Waals surface area (Å²) >= 11 is 7.60. The average molecular weight is 428 g/mol. The number of nitrogens with zero attached hydrogens (tertiary/aromatic N) is 3. The largest absolute Gasteiger partial charge is 0.433 e. The number of aromatic nitrogens is 1. The topological polar surface area (TPSA) is 89.5 Å². The number of thiazole rings is 1. The van der Waals surface area contributed by atoms with Crippen LogP contribution in [0, 0.1) is 17.0 Å². The van der Waals surface area contributed by atoms with E-state index in [0.29, 0.717) is 15.7 Å². The van der Waals surface area contributed by atoms with Crippen molar-refractivity contribution in [3.8, 4) is 0 Å². The lowest BCUT2D eigenvalue weighted by atomic mass is 10.2. The maximum absolute atomic E-state index is 13.2. The number of nitro groups is 1. The maximum atomic E-state index is 13.2. The fraction of sp³-hybridized carbons (Fsp3) is 0.100. The van der Waals surface area contributed by atoms with Crippen LogP contribution in [0.2, 0.25) is 5.02 Å². The van der Waals surface area contributed by atoms with Gasteiger partial charge in [-0.15, -0.1) is 0 Å². The van der Waals surface area contributed by atoms with Crippen molar-refractivity contribution < 1.29 is 14.1 Å². The molecule has 0 saturated heterocycles. The molecule has 0 aliphatic heterocycles. The number of anilines is 1. The van der Waals surface area contributed by atoms with E-state index in [1.165, 1.54) is 22.3 Å². The Kier molecular flexibility index (Phi) is 5.04. The van der Waals surface area contributed by atoms with Crippen LogP contribution in [0.15, 0.2) is 59.0 Å². The second kappa shape index (κ2) is 7.65. The SMILES string of the molecule is Cc1ccc(Cl)c2sc(N(Cc3ccccc3)C(=O)c3ccc([N+](=O)[O-])o3)nc12. The standard InChI is InChI=1S/C20H14ClN3O4S/c1-12-7-8-14(21)18-17(12)22-20(29-18)23(11-13-5-3-2-4-6-13)19(25)15-9-10-16(28-15)24(26)27/h2-10H,11H2,1H3. The Balaban J connectivity index is 1.79. The van der Waals surface area contributed by atoms with Crippen LogP contribution in [0.1, 0.15) is 21.7 Å². The normalized spacial score (nSPS) is 11.0. The second-order valence-corrected chi connectivity index (χ2v) is 7.70. The third-order valence-corrected chi connectivity index (χ3v) is 5.87. The first kappa shape index (κ1) is 19.1. The third-order valence-electron chi connectivity index (χ3n) is 4.33. The lowest BCUT2D eigenvalue weighted by Gasteiger charge is -2.18. The highest BCUT2D eigenvalue weighted by Gasteiger charge is 2.27. The highest BCUT2D eigenvalue weighted by atomic mass is 35.5. The van der Waals surface area contributed by atoms with E-state index in [1.807, 2.05) is 43.3 Å². The number of carbonyl (C=O) groups is 1.